The third kappa shape index (κ3) is 2.67. The number of aromatic hydroxyl groups is 1. The zero-order chi connectivity index (χ0) is 10.0. The molecule has 0 aliphatic carbocycles. The topological polar surface area (TPSA) is 37.3 Å². The van der Waals surface area contributed by atoms with Crippen molar-refractivity contribution in [1.82, 2.24) is 0 Å². The van der Waals surface area contributed by atoms with Gasteiger partial charge in [0.25, 0.3) is 0 Å². The maximum Gasteiger partial charge on any atom is 0.177 e. The summed E-state index contributed by atoms with van der Waals surface area (Å²) in [5, 5.41) is 9.13. The number of benzene rings is 1. The molecule has 0 spiro atoms. The van der Waals surface area contributed by atoms with Crippen LogP contribution in [-0.4, -0.2) is 15.7 Å². The molecule has 1 atom stereocenters. The maximum atomic E-state index is 11.5. The number of alkyl halides is 1. The summed E-state index contributed by atoms with van der Waals surface area (Å²) in [4.78, 5) is 11.4. The Morgan fingerprint density at radius 1 is 1.62 bits per heavy atom. The molecule has 2 nitrogen and oxygen atoms in total. The summed E-state index contributed by atoms with van der Waals surface area (Å²) >= 11 is 5.25. The number of halogens is 2. The fourth-order valence-electron chi connectivity index (χ4n) is 0.918. The van der Waals surface area contributed by atoms with E-state index in [9.17, 15) is 4.79 Å². The van der Waals surface area contributed by atoms with E-state index in [4.69, 9.17) is 5.11 Å². The zero-order valence-corrected chi connectivity index (χ0v) is 10.7. The molecule has 0 fully saturated rings. The first-order valence-electron chi connectivity index (χ1n) is 3.69. The predicted octanol–water partition coefficient (Wildman–Crippen LogP) is 2.96. The predicted molar refractivity (Wildman–Crippen MR) is 63.5 cm³/mol. The molecule has 1 aromatic rings. The van der Waals surface area contributed by atoms with Crippen LogP contribution in [0, 0.1) is 3.57 Å². The van der Waals surface area contributed by atoms with Crippen LogP contribution in [0.3, 0.4) is 0 Å². The molecule has 0 aliphatic rings. The van der Waals surface area contributed by atoms with Gasteiger partial charge in [-0.1, -0.05) is 15.9 Å². The number of ketones is 1. The van der Waals surface area contributed by atoms with Crippen LogP contribution in [0.5, 0.6) is 5.75 Å². The van der Waals surface area contributed by atoms with Gasteiger partial charge in [0.05, 0.1) is 4.83 Å². The molecule has 13 heavy (non-hydrogen) atoms. The number of Topliss-reactive ketones (excluding diaryl/α,β-unsaturated/α-hetero) is 1. The molecular formula is C9H8BrIO2. The van der Waals surface area contributed by atoms with E-state index < -0.39 is 0 Å². The standard InChI is InChI=1S/C9H8BrIO2/c1-5(10)9(13)7-3-2-6(12)4-8(7)11/h2-5,12H,1H3. The number of carbonyl (C=O) groups excluding carboxylic acids is 1. The Hall–Kier alpha value is -0.100. The van der Waals surface area contributed by atoms with E-state index in [1.54, 1.807) is 19.1 Å². The lowest BCUT2D eigenvalue weighted by Crippen LogP contribution is -2.11. The van der Waals surface area contributed by atoms with Gasteiger partial charge >= 0.3 is 0 Å². The first kappa shape index (κ1) is 11.0. The average molecular weight is 355 g/mol. The Balaban J connectivity index is 3.09. The molecule has 0 aromatic heterocycles. The van der Waals surface area contributed by atoms with Crippen molar-refractivity contribution in [1.29, 1.82) is 0 Å². The van der Waals surface area contributed by atoms with Gasteiger partial charge in [-0.25, -0.2) is 0 Å². The fraction of sp³-hybridized carbons (Fsp3) is 0.222. The lowest BCUT2D eigenvalue weighted by molar-refractivity contribution is 0.0995. The molecule has 1 aromatic carbocycles. The van der Waals surface area contributed by atoms with Gasteiger partial charge in [-0.2, -0.15) is 0 Å². The van der Waals surface area contributed by atoms with E-state index in [1.807, 2.05) is 22.6 Å². The monoisotopic (exact) mass is 354 g/mol. The highest BCUT2D eigenvalue weighted by atomic mass is 127. The number of rotatable bonds is 2. The molecule has 0 radical (unpaired) electrons. The third-order valence-electron chi connectivity index (χ3n) is 1.58. The van der Waals surface area contributed by atoms with Gasteiger partial charge in [-0.3, -0.25) is 4.79 Å². The van der Waals surface area contributed by atoms with Crippen molar-refractivity contribution in [3.05, 3.63) is 27.3 Å². The Morgan fingerprint density at radius 3 is 2.69 bits per heavy atom. The van der Waals surface area contributed by atoms with Gasteiger partial charge in [0.1, 0.15) is 5.75 Å². The second-order valence-electron chi connectivity index (χ2n) is 2.64. The van der Waals surface area contributed by atoms with Gasteiger partial charge in [-0.15, -0.1) is 0 Å². The van der Waals surface area contributed by atoms with Gasteiger partial charge in [0, 0.05) is 9.13 Å². The van der Waals surface area contributed by atoms with Gasteiger partial charge < -0.3 is 5.11 Å². The second kappa shape index (κ2) is 4.41. The number of hydrogen-bond acceptors (Lipinski definition) is 2. The quantitative estimate of drug-likeness (QED) is 0.503. The van der Waals surface area contributed by atoms with Crippen LogP contribution in [-0.2, 0) is 0 Å². The molecule has 70 valence electrons. The van der Waals surface area contributed by atoms with Crippen molar-refractivity contribution in [2.75, 3.05) is 0 Å². The molecule has 4 heteroatoms. The van der Waals surface area contributed by atoms with Gasteiger partial charge in [0.2, 0.25) is 0 Å². The number of hydrogen-bond donors (Lipinski definition) is 1. The van der Waals surface area contributed by atoms with Crippen LogP contribution < -0.4 is 0 Å². The van der Waals surface area contributed by atoms with Crippen LogP contribution in [0.4, 0.5) is 0 Å². The molecule has 0 heterocycles. The van der Waals surface area contributed by atoms with Crippen molar-refractivity contribution < 1.29 is 9.90 Å². The summed E-state index contributed by atoms with van der Waals surface area (Å²) in [6.07, 6.45) is 0. The van der Waals surface area contributed by atoms with E-state index in [0.29, 0.717) is 5.56 Å². The Kier molecular flexibility index (Phi) is 3.73. The van der Waals surface area contributed by atoms with E-state index in [0.717, 1.165) is 3.57 Å². The van der Waals surface area contributed by atoms with Crippen LogP contribution in [0.1, 0.15) is 17.3 Å². The highest BCUT2D eigenvalue weighted by Gasteiger charge is 2.14. The minimum atomic E-state index is -0.189. The number of phenols is 1. The first-order valence-corrected chi connectivity index (χ1v) is 5.68. The van der Waals surface area contributed by atoms with Crippen molar-refractivity contribution in [2.24, 2.45) is 0 Å². The van der Waals surface area contributed by atoms with Crippen LogP contribution in [0.15, 0.2) is 18.2 Å². The molecule has 0 saturated heterocycles. The minimum absolute atomic E-state index is 0.0319. The van der Waals surface area contributed by atoms with Crippen molar-refractivity contribution >= 4 is 44.3 Å². The summed E-state index contributed by atoms with van der Waals surface area (Å²) < 4.78 is 0.772. The Bertz CT molecular complexity index is 336. The lowest BCUT2D eigenvalue weighted by Gasteiger charge is -2.05. The number of carbonyl (C=O) groups is 1. The highest BCUT2D eigenvalue weighted by Crippen LogP contribution is 2.21. The van der Waals surface area contributed by atoms with Crippen molar-refractivity contribution in [2.45, 2.75) is 11.8 Å². The summed E-state index contributed by atoms with van der Waals surface area (Å²) in [5.41, 5.74) is 0.641. The summed E-state index contributed by atoms with van der Waals surface area (Å²) in [6, 6.07) is 4.73. The molecule has 0 amide bonds. The van der Waals surface area contributed by atoms with Gasteiger partial charge in [-0.05, 0) is 47.7 Å². The SMILES string of the molecule is CC(Br)C(=O)c1ccc(O)cc1I. The molecule has 1 unspecified atom stereocenters. The molecular weight excluding hydrogens is 347 g/mol. The van der Waals surface area contributed by atoms with Crippen LogP contribution in [0.25, 0.3) is 0 Å². The van der Waals surface area contributed by atoms with Crippen molar-refractivity contribution in [3.63, 3.8) is 0 Å². The third-order valence-corrected chi connectivity index (χ3v) is 2.89. The van der Waals surface area contributed by atoms with Crippen molar-refractivity contribution in [3.8, 4) is 5.75 Å². The van der Waals surface area contributed by atoms with E-state index in [1.165, 1.54) is 6.07 Å². The Labute approximate surface area is 98.6 Å². The summed E-state index contributed by atoms with van der Waals surface area (Å²) in [5.74, 6) is 0.215. The smallest absolute Gasteiger partial charge is 0.177 e. The molecule has 0 aliphatic heterocycles. The molecule has 1 rings (SSSR count). The van der Waals surface area contributed by atoms with E-state index >= 15 is 0 Å². The Morgan fingerprint density at radius 2 is 2.23 bits per heavy atom. The molecule has 1 N–H and O–H groups in total. The first-order chi connectivity index (χ1) is 6.02. The maximum absolute atomic E-state index is 11.5. The lowest BCUT2D eigenvalue weighted by atomic mass is 10.1. The largest absolute Gasteiger partial charge is 0.508 e. The van der Waals surface area contributed by atoms with Gasteiger partial charge in [0.15, 0.2) is 5.78 Å². The fourth-order valence-corrected chi connectivity index (χ4v) is 1.93. The average Bonchev–Trinajstić information content (AvgIpc) is 2.03. The number of phenolic OH excluding ortho intramolecular Hbond substituents is 1. The normalized spacial score (nSPS) is 12.5. The molecule has 0 bridgehead atoms. The summed E-state index contributed by atoms with van der Waals surface area (Å²) in [6.45, 7) is 1.78. The minimum Gasteiger partial charge on any atom is -0.508 e. The zero-order valence-electron chi connectivity index (χ0n) is 6.92. The molecule has 0 saturated carbocycles. The second-order valence-corrected chi connectivity index (χ2v) is 5.18. The van der Waals surface area contributed by atoms with Crippen LogP contribution >= 0.6 is 38.5 Å². The highest BCUT2D eigenvalue weighted by molar-refractivity contribution is 14.1. The van der Waals surface area contributed by atoms with E-state index in [2.05, 4.69) is 15.9 Å². The van der Waals surface area contributed by atoms with E-state index in [-0.39, 0.29) is 16.4 Å². The summed E-state index contributed by atoms with van der Waals surface area (Å²) in [7, 11) is 0. The van der Waals surface area contributed by atoms with Crippen LogP contribution in [0.2, 0.25) is 0 Å².